The van der Waals surface area contributed by atoms with Gasteiger partial charge in [-0.2, -0.15) is 0 Å². The molecule has 166 valence electrons. The first-order chi connectivity index (χ1) is 16.0. The van der Waals surface area contributed by atoms with Crippen molar-refractivity contribution in [2.24, 2.45) is 0 Å². The molecule has 4 rings (SSSR count). The number of ether oxygens (including phenoxy) is 2. The van der Waals surface area contributed by atoms with Crippen LogP contribution in [0.2, 0.25) is 0 Å². The summed E-state index contributed by atoms with van der Waals surface area (Å²) in [5, 5.41) is 3.59. The van der Waals surface area contributed by atoms with Gasteiger partial charge in [-0.05, 0) is 55.0 Å². The molecular formula is C27H23NO5. The summed E-state index contributed by atoms with van der Waals surface area (Å²) in [6.45, 7) is 1.81. The number of carbonyl (C=O) groups excluding carboxylic acids is 2. The number of anilines is 1. The lowest BCUT2D eigenvalue weighted by Gasteiger charge is -2.08. The van der Waals surface area contributed by atoms with Crippen molar-refractivity contribution < 1.29 is 23.5 Å². The lowest BCUT2D eigenvalue weighted by Crippen LogP contribution is -2.07. The highest BCUT2D eigenvalue weighted by molar-refractivity contribution is 6.12. The Labute approximate surface area is 191 Å². The molecule has 0 atom stereocenters. The van der Waals surface area contributed by atoms with E-state index in [0.29, 0.717) is 33.9 Å². The van der Waals surface area contributed by atoms with Crippen LogP contribution < -0.4 is 14.8 Å². The van der Waals surface area contributed by atoms with E-state index in [0.717, 1.165) is 10.9 Å². The third-order valence-electron chi connectivity index (χ3n) is 5.29. The van der Waals surface area contributed by atoms with Gasteiger partial charge in [0.15, 0.2) is 5.76 Å². The summed E-state index contributed by atoms with van der Waals surface area (Å²) >= 11 is 0. The van der Waals surface area contributed by atoms with Gasteiger partial charge in [0.2, 0.25) is 11.7 Å². The molecule has 0 unspecified atom stereocenters. The van der Waals surface area contributed by atoms with Gasteiger partial charge < -0.3 is 19.2 Å². The highest BCUT2D eigenvalue weighted by Crippen LogP contribution is 2.32. The van der Waals surface area contributed by atoms with Crippen molar-refractivity contribution in [3.05, 3.63) is 95.3 Å². The van der Waals surface area contributed by atoms with Crippen LogP contribution in [-0.2, 0) is 4.79 Å². The maximum absolute atomic E-state index is 13.3. The molecule has 1 aromatic heterocycles. The maximum Gasteiger partial charge on any atom is 0.248 e. The van der Waals surface area contributed by atoms with Crippen molar-refractivity contribution in [1.82, 2.24) is 0 Å². The summed E-state index contributed by atoms with van der Waals surface area (Å²) in [5.74, 6) is 0.622. The number of nitrogens with one attached hydrogen (secondary N) is 1. The van der Waals surface area contributed by atoms with Crippen LogP contribution in [0.25, 0.3) is 17.0 Å². The number of hydrogen-bond acceptors (Lipinski definition) is 5. The second-order valence-corrected chi connectivity index (χ2v) is 7.40. The van der Waals surface area contributed by atoms with Crippen LogP contribution in [0, 0.1) is 6.92 Å². The largest absolute Gasteiger partial charge is 0.497 e. The Kier molecular flexibility index (Phi) is 6.26. The van der Waals surface area contributed by atoms with Crippen molar-refractivity contribution in [2.45, 2.75) is 6.92 Å². The number of hydrogen-bond donors (Lipinski definition) is 1. The Morgan fingerprint density at radius 1 is 0.939 bits per heavy atom. The van der Waals surface area contributed by atoms with Crippen LogP contribution in [-0.4, -0.2) is 25.9 Å². The molecule has 33 heavy (non-hydrogen) atoms. The van der Waals surface area contributed by atoms with Crippen LogP contribution in [0.4, 0.5) is 5.69 Å². The Bertz CT molecular complexity index is 1350. The Hall–Kier alpha value is -4.32. The van der Waals surface area contributed by atoms with Crippen molar-refractivity contribution in [2.75, 3.05) is 19.5 Å². The zero-order valence-electron chi connectivity index (χ0n) is 18.5. The summed E-state index contributed by atoms with van der Waals surface area (Å²) in [6, 6.07) is 19.9. The molecule has 4 aromatic rings. The van der Waals surface area contributed by atoms with E-state index < -0.39 is 0 Å². The molecule has 0 saturated heterocycles. The normalized spacial score (nSPS) is 11.0. The molecule has 0 aliphatic rings. The van der Waals surface area contributed by atoms with Gasteiger partial charge in [-0.1, -0.05) is 30.3 Å². The fourth-order valence-corrected chi connectivity index (χ4v) is 3.55. The minimum Gasteiger partial charge on any atom is -0.497 e. The number of furan rings is 1. The first-order valence-corrected chi connectivity index (χ1v) is 10.3. The first kappa shape index (κ1) is 21.9. The van der Waals surface area contributed by atoms with E-state index in [-0.39, 0.29) is 17.5 Å². The van der Waals surface area contributed by atoms with E-state index in [9.17, 15) is 9.59 Å². The summed E-state index contributed by atoms with van der Waals surface area (Å²) in [4.78, 5) is 25.6. The van der Waals surface area contributed by atoms with E-state index in [4.69, 9.17) is 13.9 Å². The number of ketones is 1. The van der Waals surface area contributed by atoms with Gasteiger partial charge in [-0.25, -0.2) is 0 Å². The molecule has 1 heterocycles. The zero-order valence-corrected chi connectivity index (χ0v) is 18.5. The van der Waals surface area contributed by atoms with E-state index in [1.54, 1.807) is 42.5 Å². The summed E-state index contributed by atoms with van der Waals surface area (Å²) < 4.78 is 16.5. The number of aryl methyl sites for hydroxylation is 1. The first-order valence-electron chi connectivity index (χ1n) is 10.3. The molecule has 0 spiro atoms. The summed E-state index contributed by atoms with van der Waals surface area (Å²) in [5.41, 5.74) is 3.11. The highest BCUT2D eigenvalue weighted by Gasteiger charge is 2.23. The number of amides is 1. The second-order valence-electron chi connectivity index (χ2n) is 7.40. The van der Waals surface area contributed by atoms with Gasteiger partial charge in [0.1, 0.15) is 17.1 Å². The lowest BCUT2D eigenvalue weighted by molar-refractivity contribution is -0.111. The number of methoxy groups -OCH3 is 2. The predicted octanol–water partition coefficient (Wildman–Crippen LogP) is 5.64. The zero-order chi connectivity index (χ0) is 23.4. The molecule has 6 heteroatoms. The monoisotopic (exact) mass is 441 g/mol. The molecule has 3 aromatic carbocycles. The number of benzene rings is 3. The van der Waals surface area contributed by atoms with E-state index in [1.165, 1.54) is 20.3 Å². The topological polar surface area (TPSA) is 77.8 Å². The van der Waals surface area contributed by atoms with Crippen molar-refractivity contribution in [1.29, 1.82) is 0 Å². The standard InChI is InChI=1S/C27H23NO5/c1-17-21-15-19(28-25(29)14-9-18-7-5-4-6-8-18)10-12-24(21)33-27(17)26(30)22-16-20(31-2)11-13-23(22)32-3/h4-16H,1-3H3,(H,28,29)/b14-9+. The summed E-state index contributed by atoms with van der Waals surface area (Å²) in [6.07, 6.45) is 3.22. The highest BCUT2D eigenvalue weighted by atomic mass is 16.5. The minimum absolute atomic E-state index is 0.212. The van der Waals surface area contributed by atoms with E-state index >= 15 is 0 Å². The Morgan fingerprint density at radius 3 is 2.45 bits per heavy atom. The number of carbonyl (C=O) groups is 2. The second kappa shape index (κ2) is 9.44. The van der Waals surface area contributed by atoms with Gasteiger partial charge in [0.05, 0.1) is 19.8 Å². The minimum atomic E-state index is -0.309. The van der Waals surface area contributed by atoms with Crippen molar-refractivity contribution in [3.8, 4) is 11.5 Å². The van der Waals surface area contributed by atoms with E-state index in [1.807, 2.05) is 37.3 Å². The quantitative estimate of drug-likeness (QED) is 0.297. The Morgan fingerprint density at radius 2 is 1.73 bits per heavy atom. The van der Waals surface area contributed by atoms with Crippen LogP contribution in [0.1, 0.15) is 27.2 Å². The van der Waals surface area contributed by atoms with Gasteiger partial charge in [-0.3, -0.25) is 9.59 Å². The fraction of sp³-hybridized carbons (Fsp3) is 0.111. The van der Waals surface area contributed by atoms with Crippen LogP contribution in [0.15, 0.2) is 77.2 Å². The van der Waals surface area contributed by atoms with Crippen LogP contribution >= 0.6 is 0 Å². The predicted molar refractivity (Wildman–Crippen MR) is 128 cm³/mol. The molecule has 0 aliphatic carbocycles. The summed E-state index contributed by atoms with van der Waals surface area (Å²) in [7, 11) is 3.04. The molecule has 0 bridgehead atoms. The average molecular weight is 441 g/mol. The molecule has 1 amide bonds. The molecule has 0 aliphatic heterocycles. The third kappa shape index (κ3) is 4.65. The third-order valence-corrected chi connectivity index (χ3v) is 5.29. The molecule has 0 fully saturated rings. The molecule has 1 N–H and O–H groups in total. The smallest absolute Gasteiger partial charge is 0.248 e. The molecule has 0 saturated carbocycles. The Balaban J connectivity index is 1.60. The SMILES string of the molecule is COc1ccc(OC)c(C(=O)c2oc3ccc(NC(=O)/C=C/c4ccccc4)cc3c2C)c1. The average Bonchev–Trinajstić information content (AvgIpc) is 3.18. The van der Waals surface area contributed by atoms with E-state index in [2.05, 4.69) is 5.32 Å². The van der Waals surface area contributed by atoms with Crippen molar-refractivity contribution in [3.63, 3.8) is 0 Å². The number of rotatable bonds is 7. The maximum atomic E-state index is 13.3. The number of fused-ring (bicyclic) bond motifs is 1. The fourth-order valence-electron chi connectivity index (χ4n) is 3.55. The van der Waals surface area contributed by atoms with Crippen molar-refractivity contribution >= 4 is 34.4 Å². The van der Waals surface area contributed by atoms with Gasteiger partial charge in [0, 0.05) is 22.7 Å². The van der Waals surface area contributed by atoms with Gasteiger partial charge in [0.25, 0.3) is 0 Å². The lowest BCUT2D eigenvalue weighted by atomic mass is 10.0. The van der Waals surface area contributed by atoms with Crippen LogP contribution in [0.5, 0.6) is 11.5 Å². The van der Waals surface area contributed by atoms with Crippen LogP contribution in [0.3, 0.4) is 0 Å². The van der Waals surface area contributed by atoms with Gasteiger partial charge in [-0.15, -0.1) is 0 Å². The molecule has 0 radical (unpaired) electrons. The molecule has 6 nitrogen and oxygen atoms in total. The molecular weight excluding hydrogens is 418 g/mol. The van der Waals surface area contributed by atoms with Gasteiger partial charge >= 0.3 is 0 Å².